The van der Waals surface area contributed by atoms with Gasteiger partial charge in [0.1, 0.15) is 0 Å². The Morgan fingerprint density at radius 1 is 0.960 bits per heavy atom. The third kappa shape index (κ3) is 3.23. The van der Waals surface area contributed by atoms with Crippen molar-refractivity contribution >= 4 is 10.9 Å². The molecule has 0 fully saturated rings. The van der Waals surface area contributed by atoms with E-state index >= 15 is 0 Å². The minimum Gasteiger partial charge on any atom is -0.344 e. The van der Waals surface area contributed by atoms with E-state index in [9.17, 15) is 0 Å². The second-order valence-electron chi connectivity index (χ2n) is 7.67. The van der Waals surface area contributed by atoms with Crippen LogP contribution in [-0.2, 0) is 25.9 Å². The SMILES string of the molecule is Cc1ccc(CCn2c3c(c4cc(C)ccc42)CN(C)CCC3)cc1. The number of nitrogens with zero attached hydrogens (tertiary/aromatic N) is 2. The highest BCUT2D eigenvalue weighted by molar-refractivity contribution is 5.86. The maximum atomic E-state index is 2.60. The fourth-order valence-electron chi connectivity index (χ4n) is 4.17. The number of hydrogen-bond acceptors (Lipinski definition) is 1. The van der Waals surface area contributed by atoms with E-state index in [1.165, 1.54) is 47.0 Å². The summed E-state index contributed by atoms with van der Waals surface area (Å²) in [5.41, 5.74) is 8.66. The topological polar surface area (TPSA) is 8.17 Å². The summed E-state index contributed by atoms with van der Waals surface area (Å²) in [4.78, 5) is 2.47. The van der Waals surface area contributed by atoms with Crippen LogP contribution in [0.1, 0.15) is 34.4 Å². The van der Waals surface area contributed by atoms with Crippen molar-refractivity contribution in [2.45, 2.75) is 46.2 Å². The number of aryl methyl sites for hydroxylation is 4. The predicted octanol–water partition coefficient (Wildman–Crippen LogP) is 4.88. The number of rotatable bonds is 3. The van der Waals surface area contributed by atoms with Gasteiger partial charge >= 0.3 is 0 Å². The molecule has 2 nitrogen and oxygen atoms in total. The Hall–Kier alpha value is -2.06. The third-order valence-corrected chi connectivity index (χ3v) is 5.57. The van der Waals surface area contributed by atoms with Crippen LogP contribution in [0.25, 0.3) is 10.9 Å². The van der Waals surface area contributed by atoms with Crippen LogP contribution in [0.4, 0.5) is 0 Å². The standard InChI is InChI=1S/C23H28N2/c1-17-6-9-19(10-7-17)12-14-25-22-5-4-13-24(3)16-21(22)20-15-18(2)8-11-23(20)25/h6-11,15H,4-5,12-14,16H2,1-3H3. The summed E-state index contributed by atoms with van der Waals surface area (Å²) in [5, 5.41) is 1.47. The second-order valence-corrected chi connectivity index (χ2v) is 7.67. The Kier molecular flexibility index (Phi) is 4.39. The molecule has 4 rings (SSSR count). The lowest BCUT2D eigenvalue weighted by molar-refractivity contribution is 0.333. The van der Waals surface area contributed by atoms with Crippen molar-refractivity contribution in [1.29, 1.82) is 0 Å². The molecular formula is C23H28N2. The summed E-state index contributed by atoms with van der Waals surface area (Å²) in [5.74, 6) is 0. The molecule has 0 aliphatic carbocycles. The zero-order valence-electron chi connectivity index (χ0n) is 15.7. The lowest BCUT2D eigenvalue weighted by Crippen LogP contribution is -2.17. The second kappa shape index (κ2) is 6.68. The normalized spacial score (nSPS) is 15.3. The minimum absolute atomic E-state index is 1.07. The van der Waals surface area contributed by atoms with Gasteiger partial charge in [0.15, 0.2) is 0 Å². The van der Waals surface area contributed by atoms with E-state index in [2.05, 4.69) is 72.8 Å². The Balaban J connectivity index is 1.74. The molecule has 0 bridgehead atoms. The molecule has 2 heteroatoms. The number of benzene rings is 2. The summed E-state index contributed by atoms with van der Waals surface area (Å²) in [6, 6.07) is 16.0. The van der Waals surface area contributed by atoms with Crippen LogP contribution in [0.2, 0.25) is 0 Å². The lowest BCUT2D eigenvalue weighted by atomic mass is 10.1. The van der Waals surface area contributed by atoms with Crippen LogP contribution in [0.15, 0.2) is 42.5 Å². The van der Waals surface area contributed by atoms with Gasteiger partial charge in [-0.3, -0.25) is 0 Å². The van der Waals surface area contributed by atoms with Crippen LogP contribution in [-0.4, -0.2) is 23.1 Å². The molecule has 0 saturated heterocycles. The summed E-state index contributed by atoms with van der Waals surface area (Å²) in [6.45, 7) is 7.70. The molecular weight excluding hydrogens is 304 g/mol. The van der Waals surface area contributed by atoms with E-state index < -0.39 is 0 Å². The summed E-state index contributed by atoms with van der Waals surface area (Å²) in [6.07, 6.45) is 3.55. The molecule has 25 heavy (non-hydrogen) atoms. The van der Waals surface area contributed by atoms with Crippen molar-refractivity contribution in [3.8, 4) is 0 Å². The Morgan fingerprint density at radius 2 is 1.72 bits per heavy atom. The van der Waals surface area contributed by atoms with Crippen LogP contribution >= 0.6 is 0 Å². The Labute approximate surface area is 151 Å². The Bertz CT molecular complexity index is 887. The van der Waals surface area contributed by atoms with Gasteiger partial charge < -0.3 is 9.47 Å². The van der Waals surface area contributed by atoms with E-state index in [0.717, 1.165) is 19.5 Å². The van der Waals surface area contributed by atoms with Crippen LogP contribution in [0.3, 0.4) is 0 Å². The first-order chi connectivity index (χ1) is 12.1. The molecule has 0 saturated carbocycles. The minimum atomic E-state index is 1.07. The zero-order chi connectivity index (χ0) is 17.4. The van der Waals surface area contributed by atoms with Crippen molar-refractivity contribution < 1.29 is 0 Å². The van der Waals surface area contributed by atoms with Crippen molar-refractivity contribution in [1.82, 2.24) is 9.47 Å². The van der Waals surface area contributed by atoms with Gasteiger partial charge in [0.25, 0.3) is 0 Å². The molecule has 3 aromatic rings. The molecule has 1 aliphatic heterocycles. The average Bonchev–Trinajstić information content (AvgIpc) is 2.74. The van der Waals surface area contributed by atoms with Crippen LogP contribution < -0.4 is 0 Å². The molecule has 0 radical (unpaired) electrons. The van der Waals surface area contributed by atoms with E-state index in [0.29, 0.717) is 0 Å². The smallest absolute Gasteiger partial charge is 0.0486 e. The quantitative estimate of drug-likeness (QED) is 0.664. The van der Waals surface area contributed by atoms with Gasteiger partial charge in [-0.15, -0.1) is 0 Å². The molecule has 2 heterocycles. The number of aromatic nitrogens is 1. The summed E-state index contributed by atoms with van der Waals surface area (Å²) >= 11 is 0. The molecule has 130 valence electrons. The molecule has 0 atom stereocenters. The molecule has 0 spiro atoms. The van der Waals surface area contributed by atoms with Crippen LogP contribution in [0, 0.1) is 13.8 Å². The van der Waals surface area contributed by atoms with E-state index in [1.807, 2.05) is 0 Å². The molecule has 2 aromatic carbocycles. The van der Waals surface area contributed by atoms with Gasteiger partial charge in [0.05, 0.1) is 0 Å². The number of hydrogen-bond donors (Lipinski definition) is 0. The highest BCUT2D eigenvalue weighted by Crippen LogP contribution is 2.31. The highest BCUT2D eigenvalue weighted by atomic mass is 15.1. The lowest BCUT2D eigenvalue weighted by Gasteiger charge is -2.12. The average molecular weight is 332 g/mol. The van der Waals surface area contributed by atoms with Gasteiger partial charge in [-0.2, -0.15) is 0 Å². The largest absolute Gasteiger partial charge is 0.344 e. The van der Waals surface area contributed by atoms with Gasteiger partial charge in [-0.05, 0) is 70.0 Å². The fraction of sp³-hybridized carbons (Fsp3) is 0.391. The van der Waals surface area contributed by atoms with Crippen LogP contribution in [0.5, 0.6) is 0 Å². The van der Waals surface area contributed by atoms with Gasteiger partial charge in [0.2, 0.25) is 0 Å². The Morgan fingerprint density at radius 3 is 2.52 bits per heavy atom. The van der Waals surface area contributed by atoms with Crippen molar-refractivity contribution in [3.05, 3.63) is 70.4 Å². The van der Waals surface area contributed by atoms with Gasteiger partial charge in [-0.25, -0.2) is 0 Å². The van der Waals surface area contributed by atoms with E-state index in [4.69, 9.17) is 0 Å². The van der Waals surface area contributed by atoms with Crippen molar-refractivity contribution in [3.63, 3.8) is 0 Å². The fourth-order valence-corrected chi connectivity index (χ4v) is 4.17. The predicted molar refractivity (Wildman–Crippen MR) is 106 cm³/mol. The molecule has 0 amide bonds. The van der Waals surface area contributed by atoms with Gasteiger partial charge in [0, 0.05) is 29.7 Å². The zero-order valence-corrected chi connectivity index (χ0v) is 15.7. The maximum absolute atomic E-state index is 2.60. The third-order valence-electron chi connectivity index (χ3n) is 5.57. The first-order valence-corrected chi connectivity index (χ1v) is 9.46. The van der Waals surface area contributed by atoms with Gasteiger partial charge in [-0.1, -0.05) is 41.5 Å². The maximum Gasteiger partial charge on any atom is 0.0486 e. The first-order valence-electron chi connectivity index (χ1n) is 9.46. The molecule has 1 aromatic heterocycles. The highest BCUT2D eigenvalue weighted by Gasteiger charge is 2.20. The van der Waals surface area contributed by atoms with Crippen molar-refractivity contribution in [2.24, 2.45) is 0 Å². The molecule has 0 unspecified atom stereocenters. The monoisotopic (exact) mass is 332 g/mol. The summed E-state index contributed by atoms with van der Waals surface area (Å²) < 4.78 is 2.60. The number of fused-ring (bicyclic) bond motifs is 3. The van der Waals surface area contributed by atoms with E-state index in [-0.39, 0.29) is 0 Å². The first kappa shape index (κ1) is 16.4. The van der Waals surface area contributed by atoms with E-state index in [1.54, 1.807) is 11.3 Å². The molecule has 0 N–H and O–H groups in total. The molecule has 1 aliphatic rings. The summed E-state index contributed by atoms with van der Waals surface area (Å²) in [7, 11) is 2.25. The van der Waals surface area contributed by atoms with Crippen molar-refractivity contribution in [2.75, 3.05) is 13.6 Å².